The van der Waals surface area contributed by atoms with E-state index in [0.717, 1.165) is 24.4 Å². The molecule has 6 heteroatoms. The molecule has 0 bridgehead atoms. The Morgan fingerprint density at radius 3 is 2.41 bits per heavy atom. The quantitative estimate of drug-likeness (QED) is 0.659. The predicted octanol–water partition coefficient (Wildman–Crippen LogP) is 3.23. The van der Waals surface area contributed by atoms with Gasteiger partial charge in [-0.1, -0.05) is 18.2 Å². The van der Waals surface area contributed by atoms with Gasteiger partial charge in [0.25, 0.3) is 5.91 Å². The van der Waals surface area contributed by atoms with Gasteiger partial charge in [-0.2, -0.15) is 0 Å². The molecule has 1 saturated heterocycles. The smallest absolute Gasteiger partial charge is 0.258 e. The summed E-state index contributed by atoms with van der Waals surface area (Å²) in [6.45, 7) is 3.96. The van der Waals surface area contributed by atoms with Crippen molar-refractivity contribution >= 4 is 11.7 Å². The third-order valence-electron chi connectivity index (χ3n) is 5.20. The molecule has 1 amide bonds. The number of para-hydroxylation sites is 1. The molecule has 154 valence electrons. The Morgan fingerprint density at radius 2 is 1.76 bits per heavy atom. The molecule has 0 spiro atoms. The molecule has 1 aliphatic rings. The average Bonchev–Trinajstić information content (AvgIpc) is 3.27. The molecule has 1 fully saturated rings. The zero-order chi connectivity index (χ0) is 20.6. The second-order valence-corrected chi connectivity index (χ2v) is 7.17. The molecule has 1 N–H and O–H groups in total. The third kappa shape index (κ3) is 5.57. The van der Waals surface area contributed by atoms with Gasteiger partial charge in [0.15, 0.2) is 12.4 Å². The molecule has 1 atom stereocenters. The van der Waals surface area contributed by atoms with E-state index in [1.54, 1.807) is 31.4 Å². The van der Waals surface area contributed by atoms with Crippen LogP contribution in [0.25, 0.3) is 0 Å². The first-order valence-corrected chi connectivity index (χ1v) is 9.96. The monoisotopic (exact) mass is 396 g/mol. The summed E-state index contributed by atoms with van der Waals surface area (Å²) >= 11 is 0. The molecule has 3 rings (SSSR count). The number of hydrogen-bond acceptors (Lipinski definition) is 5. The second-order valence-electron chi connectivity index (χ2n) is 7.17. The molecule has 2 aromatic carbocycles. The first-order chi connectivity index (χ1) is 14.1. The number of hydrogen-bond donors (Lipinski definition) is 1. The number of nitrogens with zero attached hydrogens (tertiary/aromatic N) is 1. The minimum Gasteiger partial charge on any atom is -0.496 e. The summed E-state index contributed by atoms with van der Waals surface area (Å²) in [5.41, 5.74) is 1.70. The van der Waals surface area contributed by atoms with Gasteiger partial charge in [0, 0.05) is 17.7 Å². The number of Topliss-reactive ketones (excluding diaryl/α,β-unsaturated/α-hetero) is 1. The van der Waals surface area contributed by atoms with Gasteiger partial charge in [-0.15, -0.1) is 0 Å². The highest BCUT2D eigenvalue weighted by Gasteiger charge is 2.26. The summed E-state index contributed by atoms with van der Waals surface area (Å²) < 4.78 is 11.1. The molecule has 1 unspecified atom stereocenters. The SMILES string of the molecule is COc1ccccc1C(CNC(=O)COc1ccc(C(C)=O)cc1)N1CCCC1. The Labute approximate surface area is 171 Å². The van der Waals surface area contributed by atoms with Crippen LogP contribution in [0.5, 0.6) is 11.5 Å². The summed E-state index contributed by atoms with van der Waals surface area (Å²) in [6.07, 6.45) is 2.33. The van der Waals surface area contributed by atoms with Crippen molar-refractivity contribution in [1.82, 2.24) is 10.2 Å². The van der Waals surface area contributed by atoms with Crippen LogP contribution < -0.4 is 14.8 Å². The maximum absolute atomic E-state index is 12.4. The first kappa shape index (κ1) is 20.9. The summed E-state index contributed by atoms with van der Waals surface area (Å²) in [5, 5.41) is 2.99. The van der Waals surface area contributed by atoms with E-state index in [2.05, 4.69) is 16.3 Å². The van der Waals surface area contributed by atoms with Crippen LogP contribution >= 0.6 is 0 Å². The number of nitrogens with one attached hydrogen (secondary N) is 1. The van der Waals surface area contributed by atoms with Crippen molar-refractivity contribution in [3.8, 4) is 11.5 Å². The van der Waals surface area contributed by atoms with E-state index in [9.17, 15) is 9.59 Å². The van der Waals surface area contributed by atoms with Gasteiger partial charge in [0.05, 0.1) is 13.2 Å². The Morgan fingerprint density at radius 1 is 1.07 bits per heavy atom. The number of carbonyl (C=O) groups is 2. The van der Waals surface area contributed by atoms with E-state index < -0.39 is 0 Å². The minimum absolute atomic E-state index is 0.00131. The van der Waals surface area contributed by atoms with E-state index in [1.165, 1.54) is 19.8 Å². The topological polar surface area (TPSA) is 67.9 Å². The lowest BCUT2D eigenvalue weighted by atomic mass is 10.0. The van der Waals surface area contributed by atoms with Crippen LogP contribution in [-0.2, 0) is 4.79 Å². The highest BCUT2D eigenvalue weighted by atomic mass is 16.5. The summed E-state index contributed by atoms with van der Waals surface area (Å²) in [6, 6.07) is 14.8. The third-order valence-corrected chi connectivity index (χ3v) is 5.20. The van der Waals surface area contributed by atoms with Crippen molar-refractivity contribution in [1.29, 1.82) is 0 Å². The number of ether oxygens (including phenoxy) is 2. The van der Waals surface area contributed by atoms with Gasteiger partial charge in [0.2, 0.25) is 0 Å². The molecule has 0 aromatic heterocycles. The highest BCUT2D eigenvalue weighted by Crippen LogP contribution is 2.31. The fraction of sp³-hybridized carbons (Fsp3) is 0.391. The van der Waals surface area contributed by atoms with Crippen LogP contribution in [0.2, 0.25) is 0 Å². The Bertz CT molecular complexity index is 829. The molecule has 0 radical (unpaired) electrons. The van der Waals surface area contributed by atoms with E-state index in [4.69, 9.17) is 9.47 Å². The highest BCUT2D eigenvalue weighted by molar-refractivity contribution is 5.94. The van der Waals surface area contributed by atoms with Crippen LogP contribution in [0.3, 0.4) is 0 Å². The van der Waals surface area contributed by atoms with Gasteiger partial charge < -0.3 is 14.8 Å². The standard InChI is InChI=1S/C23H28N2O4/c1-17(26)18-9-11-19(12-10-18)29-16-23(27)24-15-21(25-13-5-6-14-25)20-7-3-4-8-22(20)28-2/h3-4,7-12,21H,5-6,13-16H2,1-2H3,(H,24,27). The Balaban J connectivity index is 1.58. The molecule has 0 saturated carbocycles. The van der Waals surface area contributed by atoms with Crippen molar-refractivity contribution in [2.75, 3.05) is 33.4 Å². The number of benzene rings is 2. The summed E-state index contributed by atoms with van der Waals surface area (Å²) in [5.74, 6) is 1.21. The van der Waals surface area contributed by atoms with Gasteiger partial charge in [-0.05, 0) is 63.2 Å². The van der Waals surface area contributed by atoms with Gasteiger partial charge >= 0.3 is 0 Å². The molecule has 1 aliphatic heterocycles. The largest absolute Gasteiger partial charge is 0.496 e. The predicted molar refractivity (Wildman–Crippen MR) is 111 cm³/mol. The number of amides is 1. The lowest BCUT2D eigenvalue weighted by molar-refractivity contribution is -0.123. The van der Waals surface area contributed by atoms with E-state index in [0.29, 0.717) is 17.9 Å². The average molecular weight is 396 g/mol. The van der Waals surface area contributed by atoms with Crippen LogP contribution in [0.15, 0.2) is 48.5 Å². The second kappa shape index (κ2) is 10.1. The number of likely N-dealkylation sites (tertiary alicyclic amines) is 1. The van der Waals surface area contributed by atoms with Crippen molar-refractivity contribution in [2.24, 2.45) is 0 Å². The Kier molecular flexibility index (Phi) is 7.25. The Hall–Kier alpha value is -2.86. The van der Waals surface area contributed by atoms with Crippen LogP contribution in [-0.4, -0.2) is 49.9 Å². The van der Waals surface area contributed by atoms with E-state index in [-0.39, 0.29) is 24.3 Å². The van der Waals surface area contributed by atoms with Crippen molar-refractivity contribution in [3.05, 3.63) is 59.7 Å². The van der Waals surface area contributed by atoms with Crippen molar-refractivity contribution in [3.63, 3.8) is 0 Å². The van der Waals surface area contributed by atoms with Crippen molar-refractivity contribution in [2.45, 2.75) is 25.8 Å². The molecule has 29 heavy (non-hydrogen) atoms. The molecule has 0 aliphatic carbocycles. The van der Waals surface area contributed by atoms with Crippen LogP contribution in [0.1, 0.15) is 41.7 Å². The van der Waals surface area contributed by atoms with Gasteiger partial charge in [-0.25, -0.2) is 0 Å². The molecule has 2 aromatic rings. The summed E-state index contributed by atoms with van der Waals surface area (Å²) in [7, 11) is 1.67. The fourth-order valence-corrected chi connectivity index (χ4v) is 3.63. The summed E-state index contributed by atoms with van der Waals surface area (Å²) in [4.78, 5) is 26.1. The zero-order valence-electron chi connectivity index (χ0n) is 17.0. The number of ketones is 1. The maximum Gasteiger partial charge on any atom is 0.258 e. The maximum atomic E-state index is 12.4. The van der Waals surface area contributed by atoms with E-state index in [1.807, 2.05) is 18.2 Å². The number of carbonyl (C=O) groups excluding carboxylic acids is 2. The van der Waals surface area contributed by atoms with Crippen molar-refractivity contribution < 1.29 is 19.1 Å². The zero-order valence-corrected chi connectivity index (χ0v) is 17.0. The first-order valence-electron chi connectivity index (χ1n) is 9.96. The molecular weight excluding hydrogens is 368 g/mol. The lowest BCUT2D eigenvalue weighted by Gasteiger charge is -2.29. The fourth-order valence-electron chi connectivity index (χ4n) is 3.63. The molecule has 1 heterocycles. The molecular formula is C23H28N2O4. The number of rotatable bonds is 9. The lowest BCUT2D eigenvalue weighted by Crippen LogP contribution is -2.38. The van der Waals surface area contributed by atoms with Gasteiger partial charge in [-0.3, -0.25) is 14.5 Å². The molecule has 6 nitrogen and oxygen atoms in total. The van der Waals surface area contributed by atoms with Crippen LogP contribution in [0.4, 0.5) is 0 Å². The normalized spacial score (nSPS) is 15.0. The minimum atomic E-state index is -0.181. The van der Waals surface area contributed by atoms with E-state index >= 15 is 0 Å². The number of methoxy groups -OCH3 is 1. The van der Waals surface area contributed by atoms with Gasteiger partial charge in [0.1, 0.15) is 11.5 Å². The van der Waals surface area contributed by atoms with Crippen LogP contribution in [0, 0.1) is 0 Å².